The minimum atomic E-state index is -1.78. The van der Waals surface area contributed by atoms with Gasteiger partial charge in [-0.05, 0) is 72.0 Å². The smallest absolute Gasteiger partial charge is 0.407 e. The highest BCUT2D eigenvalue weighted by Gasteiger charge is 2.46. The number of fused-ring (bicyclic) bond motifs is 3. The second-order valence-corrected chi connectivity index (χ2v) is 24.0. The number of nitrogens with one attached hydrogen (secondary N) is 4. The number of carbonyl (C=O) groups excluding carboxylic acids is 4. The molecule has 8 rings (SSSR count). The summed E-state index contributed by atoms with van der Waals surface area (Å²) in [7, 11) is -0.493. The Bertz CT molecular complexity index is 2380. The molecule has 4 aliphatic rings. The topological polar surface area (TPSA) is 195 Å². The fraction of sp³-hybridized carbons (Fsp3) is 0.488. The number of alkyl carbamates (subject to hydrolysis) is 1. The van der Waals surface area contributed by atoms with Gasteiger partial charge in [0, 0.05) is 28.2 Å². The van der Waals surface area contributed by atoms with Crippen molar-refractivity contribution in [3.63, 3.8) is 0 Å². The summed E-state index contributed by atoms with van der Waals surface area (Å²) in [6.45, 7) is 12.1. The van der Waals surface area contributed by atoms with Crippen LogP contribution in [0.5, 0.6) is 0 Å². The number of ether oxygens (including phenoxy) is 2. The monoisotopic (exact) mass is 854 g/mol. The number of H-pyrrole nitrogens is 2. The summed E-state index contributed by atoms with van der Waals surface area (Å²) in [5, 5.41) is 15.9. The van der Waals surface area contributed by atoms with E-state index in [0.29, 0.717) is 24.3 Å². The zero-order valence-electron chi connectivity index (χ0n) is 35.1. The Morgan fingerprint density at radius 3 is 2.48 bits per heavy atom. The number of nitrogens with zero attached hydrogens (tertiary/aromatic N) is 4. The first-order chi connectivity index (χ1) is 28.6. The highest BCUT2D eigenvalue weighted by molar-refractivity contribution is 7.20. The molecule has 5 N–H and O–H groups in total. The maximum Gasteiger partial charge on any atom is 0.407 e. The molecule has 0 saturated carbocycles. The quantitative estimate of drug-likeness (QED) is 0.116. The third-order valence-electron chi connectivity index (χ3n) is 12.1. The number of rotatable bonds is 11. The zero-order chi connectivity index (χ0) is 42.6. The van der Waals surface area contributed by atoms with Crippen molar-refractivity contribution >= 4 is 75.7 Å². The van der Waals surface area contributed by atoms with Crippen molar-refractivity contribution in [2.75, 3.05) is 26.4 Å². The minimum Gasteiger partial charge on any atom is -0.483 e. The number of hydrogen-bond acceptors (Lipinski definition) is 10. The first-order valence-corrected chi connectivity index (χ1v) is 25.0. The van der Waals surface area contributed by atoms with Crippen LogP contribution in [-0.4, -0.2) is 111 Å². The highest BCUT2D eigenvalue weighted by atomic mass is 32.1. The predicted molar refractivity (Wildman–Crippen MR) is 232 cm³/mol. The Morgan fingerprint density at radius 1 is 1.00 bits per heavy atom. The van der Waals surface area contributed by atoms with Gasteiger partial charge in [-0.2, -0.15) is 0 Å². The molecule has 4 aromatic rings. The van der Waals surface area contributed by atoms with Gasteiger partial charge in [-0.3, -0.25) is 14.4 Å². The van der Waals surface area contributed by atoms with Gasteiger partial charge < -0.3 is 45.0 Å². The first-order valence-electron chi connectivity index (χ1n) is 20.8. The van der Waals surface area contributed by atoms with E-state index < -0.39 is 38.8 Å². The Balaban J connectivity index is 0.963. The fourth-order valence-electron chi connectivity index (χ4n) is 8.95. The molecule has 0 bridgehead atoms. The van der Waals surface area contributed by atoms with Crippen molar-refractivity contribution in [2.45, 2.75) is 89.9 Å². The molecule has 0 radical (unpaired) electrons. The van der Waals surface area contributed by atoms with Crippen LogP contribution in [-0.2, 0) is 23.9 Å². The number of aliphatic hydroxyl groups is 1. The van der Waals surface area contributed by atoms with E-state index in [2.05, 4.69) is 76.2 Å². The number of aliphatic hydroxyl groups excluding tert-OH is 1. The lowest BCUT2D eigenvalue weighted by molar-refractivity contribution is -0.139. The number of imidazole rings is 2. The average molecular weight is 855 g/mol. The van der Waals surface area contributed by atoms with Crippen LogP contribution < -0.4 is 10.6 Å². The van der Waals surface area contributed by atoms with Crippen LogP contribution in [0.2, 0.25) is 19.1 Å². The standard InChI is InChI=1S/C43H54N8O7SSi/c1-22(2)37(48-36(53)19-52)42(55)51-21-60(6,7)20-31(51)40-45-27-13-26-16-34(59-35(26)17-28(27)46-40)25-11-10-24-14-33(58-32(24)15-25)29-18-44-39(47-29)30-9-8-12-50(30)41(54)38(23(3)4)49-43(56)57-5/h10-11,13-18,22-24,30-32,37-38,52H,8-9,12,19-21H2,1-7H3,(H,44,47)(H,45,46)(H,48,53)(H,49,56)/t24?,30?,31-,32?,37?,38?/m0/s1. The molecular formula is C43H54N8O7SSi. The Morgan fingerprint density at radius 2 is 1.75 bits per heavy atom. The number of likely N-dealkylation sites (tertiary alicyclic amines) is 1. The van der Waals surface area contributed by atoms with Crippen molar-refractivity contribution in [2.24, 2.45) is 17.8 Å². The maximum atomic E-state index is 13.9. The fourth-order valence-corrected chi connectivity index (χ4v) is 12.9. The minimum absolute atomic E-state index is 0.0585. The van der Waals surface area contributed by atoms with Gasteiger partial charge in [-0.25, -0.2) is 14.8 Å². The summed E-state index contributed by atoms with van der Waals surface area (Å²) in [4.78, 5) is 73.2. The van der Waals surface area contributed by atoms with Crippen LogP contribution in [0.4, 0.5) is 4.79 Å². The number of methoxy groups -OCH3 is 1. The lowest BCUT2D eigenvalue weighted by Crippen LogP contribution is -2.52. The van der Waals surface area contributed by atoms with Gasteiger partial charge >= 0.3 is 6.09 Å². The molecule has 2 fully saturated rings. The molecule has 6 heterocycles. The number of amides is 4. The van der Waals surface area contributed by atoms with E-state index in [1.807, 2.05) is 32.6 Å². The molecule has 2 saturated heterocycles. The predicted octanol–water partition coefficient (Wildman–Crippen LogP) is 5.82. The first kappa shape index (κ1) is 41.5. The highest BCUT2D eigenvalue weighted by Crippen LogP contribution is 2.42. The normalized spacial score (nSPS) is 23.2. The van der Waals surface area contributed by atoms with E-state index in [1.165, 1.54) is 7.11 Å². The summed E-state index contributed by atoms with van der Waals surface area (Å²) >= 11 is 1.70. The molecule has 4 amide bonds. The van der Waals surface area contributed by atoms with Crippen LogP contribution in [0.15, 0.2) is 48.7 Å². The Labute approximate surface area is 353 Å². The molecule has 0 spiro atoms. The molecular weight excluding hydrogens is 801 g/mol. The molecule has 60 heavy (non-hydrogen) atoms. The van der Waals surface area contributed by atoms with Gasteiger partial charge in [0.1, 0.15) is 47.9 Å². The number of benzene rings is 1. The van der Waals surface area contributed by atoms with Gasteiger partial charge in [0.15, 0.2) is 0 Å². The molecule has 1 aromatic carbocycles. The van der Waals surface area contributed by atoms with Gasteiger partial charge in [0.05, 0.1) is 44.5 Å². The van der Waals surface area contributed by atoms with Crippen molar-refractivity contribution in [1.29, 1.82) is 0 Å². The van der Waals surface area contributed by atoms with E-state index in [-0.39, 0.29) is 47.8 Å². The summed E-state index contributed by atoms with van der Waals surface area (Å²) in [5.41, 5.74) is 3.57. The number of allylic oxidation sites excluding steroid dienone is 2. The maximum absolute atomic E-state index is 13.9. The molecule has 17 heteroatoms. The molecule has 3 aliphatic heterocycles. The molecule has 15 nitrogen and oxygen atoms in total. The van der Waals surface area contributed by atoms with Crippen molar-refractivity contribution in [1.82, 2.24) is 40.4 Å². The van der Waals surface area contributed by atoms with Crippen LogP contribution in [0.25, 0.3) is 32.5 Å². The molecule has 6 atom stereocenters. The largest absolute Gasteiger partial charge is 0.483 e. The average Bonchev–Trinajstić information content (AvgIpc) is 4.07. The third-order valence-corrected chi connectivity index (χ3v) is 15.9. The van der Waals surface area contributed by atoms with Gasteiger partial charge in [-0.1, -0.05) is 52.9 Å². The van der Waals surface area contributed by atoms with E-state index in [4.69, 9.17) is 19.4 Å². The number of carbonyl (C=O) groups is 4. The number of aromatic nitrogens is 4. The molecule has 1 aliphatic carbocycles. The van der Waals surface area contributed by atoms with E-state index in [9.17, 15) is 24.3 Å². The Hall–Kier alpha value is -5.26. The van der Waals surface area contributed by atoms with E-state index in [1.54, 1.807) is 22.4 Å². The summed E-state index contributed by atoms with van der Waals surface area (Å²) < 4.78 is 12.4. The van der Waals surface area contributed by atoms with Gasteiger partial charge in [0.2, 0.25) is 17.7 Å². The second-order valence-electron chi connectivity index (χ2n) is 17.8. The van der Waals surface area contributed by atoms with Crippen LogP contribution >= 0.6 is 11.3 Å². The SMILES string of the molecule is COC(=O)NC(C(=O)N1CCCC1c1ncc(C2=CC3C=CC(c4cc5cc6nc([C@@H]7C[Si](C)(C)CN7C(=O)C(NC(=O)CO)C(C)C)[nH]c6cc5s4)=CC3O2)[nH]1)C(C)C. The van der Waals surface area contributed by atoms with Crippen molar-refractivity contribution in [3.05, 3.63) is 70.9 Å². The number of thiophene rings is 1. The van der Waals surface area contributed by atoms with E-state index in [0.717, 1.165) is 62.0 Å². The van der Waals surface area contributed by atoms with Crippen molar-refractivity contribution < 1.29 is 33.8 Å². The van der Waals surface area contributed by atoms with E-state index >= 15 is 0 Å². The zero-order valence-corrected chi connectivity index (χ0v) is 36.9. The lowest BCUT2D eigenvalue weighted by atomic mass is 9.94. The second kappa shape index (κ2) is 16.3. The molecule has 5 unspecified atom stereocenters. The van der Waals surface area contributed by atoms with Gasteiger partial charge in [-0.15, -0.1) is 11.3 Å². The molecule has 318 valence electrons. The number of aromatic amines is 2. The third kappa shape index (κ3) is 8.01. The van der Waals surface area contributed by atoms with Gasteiger partial charge in [0.25, 0.3) is 0 Å². The number of hydrogen-bond donors (Lipinski definition) is 5. The van der Waals surface area contributed by atoms with Crippen LogP contribution in [0, 0.1) is 17.8 Å². The summed E-state index contributed by atoms with van der Waals surface area (Å²) in [6.07, 6.45) is 11.8. The van der Waals surface area contributed by atoms with Crippen LogP contribution in [0.1, 0.15) is 74.8 Å². The summed E-state index contributed by atoms with van der Waals surface area (Å²) in [6, 6.07) is 5.38. The van der Waals surface area contributed by atoms with Crippen LogP contribution in [0.3, 0.4) is 0 Å². The Kier molecular flexibility index (Phi) is 11.3. The van der Waals surface area contributed by atoms with Crippen molar-refractivity contribution in [3.8, 4) is 0 Å². The molecule has 3 aromatic heterocycles. The summed E-state index contributed by atoms with van der Waals surface area (Å²) in [5.74, 6) is 1.09. The lowest BCUT2D eigenvalue weighted by Gasteiger charge is -2.30.